The lowest BCUT2D eigenvalue weighted by molar-refractivity contribution is -0.268. The predicted molar refractivity (Wildman–Crippen MR) is 195 cm³/mol. The van der Waals surface area contributed by atoms with E-state index in [9.17, 15) is 19.5 Å². The van der Waals surface area contributed by atoms with Gasteiger partial charge in [0, 0.05) is 28.7 Å². The molecule has 0 aromatic carbocycles. The van der Waals surface area contributed by atoms with E-state index in [1.54, 1.807) is 0 Å². The van der Waals surface area contributed by atoms with Crippen LogP contribution >= 0.6 is 0 Å². The number of carbonyl (C=O) groups excluding carboxylic acids is 2. The fourth-order valence-corrected chi connectivity index (χ4v) is 12.1. The third kappa shape index (κ3) is 5.75. The zero-order valence-electron chi connectivity index (χ0n) is 33.5. The Bertz CT molecular complexity index is 1370. The van der Waals surface area contributed by atoms with Gasteiger partial charge < -0.3 is 24.6 Å². The van der Waals surface area contributed by atoms with Gasteiger partial charge in [-0.05, 0) is 98.0 Å². The number of carboxylic acid groups (broad SMARTS) is 1. The summed E-state index contributed by atoms with van der Waals surface area (Å²) in [6, 6.07) is 0. The van der Waals surface area contributed by atoms with Crippen molar-refractivity contribution in [2.45, 2.75) is 140 Å². The van der Waals surface area contributed by atoms with Crippen molar-refractivity contribution >= 4 is 17.7 Å². The molecule has 2 N–H and O–H groups in total. The van der Waals surface area contributed by atoms with Gasteiger partial charge in [0.2, 0.25) is 0 Å². The molecular formula is C42H69NO7. The number of carbonyl (C=O) groups is 3. The first-order valence-electron chi connectivity index (χ1n) is 19.7. The Morgan fingerprint density at radius 3 is 2.26 bits per heavy atom. The van der Waals surface area contributed by atoms with Gasteiger partial charge in [-0.3, -0.25) is 14.4 Å². The van der Waals surface area contributed by atoms with Crippen LogP contribution < -0.4 is 5.32 Å². The number of ketones is 1. The molecular weight excluding hydrogens is 630 g/mol. The first-order valence-corrected chi connectivity index (χ1v) is 19.7. The molecule has 5 aliphatic rings. The third-order valence-electron chi connectivity index (χ3n) is 16.0. The lowest BCUT2D eigenvalue weighted by Crippen LogP contribution is -2.71. The van der Waals surface area contributed by atoms with Crippen LogP contribution in [0.25, 0.3) is 0 Å². The Morgan fingerprint density at radius 2 is 1.70 bits per heavy atom. The standard InChI is InChI=1S/C42H69NO7/c1-24(2)20-43-40(12,26(5)6)22-49-35-31(50-28(8)44)19-42-23-48-21-38(35,10)32(42)15-14-29-30(42)18-33(45)41(13)34(36(46)47)37(9,27(7)25(3)4)16-17-39(29,41)11/h18,24-27,29,31-32,34-35,43H,14-17,19-23H2,1-13H3,(H,46,47)/t27-,29+,31-,32+,34-,35+,37-,38-,39-,40-,41+,42+/m1/s1. The van der Waals surface area contributed by atoms with E-state index < -0.39 is 45.1 Å². The van der Waals surface area contributed by atoms with E-state index >= 15 is 0 Å². The van der Waals surface area contributed by atoms with E-state index in [1.165, 1.54) is 6.92 Å². The molecule has 0 amide bonds. The number of esters is 1. The summed E-state index contributed by atoms with van der Waals surface area (Å²) in [5, 5.41) is 14.8. The smallest absolute Gasteiger partial charge is 0.308 e. The van der Waals surface area contributed by atoms with E-state index in [1.807, 2.05) is 13.0 Å². The Hall–Kier alpha value is -1.77. The highest BCUT2D eigenvalue weighted by molar-refractivity contribution is 6.00. The molecule has 1 saturated heterocycles. The van der Waals surface area contributed by atoms with Gasteiger partial charge >= 0.3 is 11.9 Å². The zero-order valence-corrected chi connectivity index (χ0v) is 33.5. The quantitative estimate of drug-likeness (QED) is 0.211. The molecule has 0 aromatic rings. The summed E-state index contributed by atoms with van der Waals surface area (Å²) < 4.78 is 19.8. The Kier molecular flexibility index (Phi) is 10.5. The molecule has 2 bridgehead atoms. The molecule has 3 saturated carbocycles. The molecule has 8 nitrogen and oxygen atoms in total. The molecule has 4 aliphatic carbocycles. The van der Waals surface area contributed by atoms with Crippen LogP contribution in [-0.2, 0) is 28.6 Å². The highest BCUT2D eigenvalue weighted by atomic mass is 16.6. The highest BCUT2D eigenvalue weighted by Crippen LogP contribution is 2.74. The van der Waals surface area contributed by atoms with Crippen molar-refractivity contribution in [3.05, 3.63) is 11.6 Å². The van der Waals surface area contributed by atoms with Gasteiger partial charge in [-0.25, -0.2) is 0 Å². The van der Waals surface area contributed by atoms with E-state index in [2.05, 4.69) is 81.5 Å². The van der Waals surface area contributed by atoms with Crippen LogP contribution in [0.3, 0.4) is 0 Å². The number of ether oxygens (including phenoxy) is 3. The summed E-state index contributed by atoms with van der Waals surface area (Å²) in [4.78, 5) is 41.1. The number of allylic oxidation sites excluding steroid dienone is 1. The van der Waals surface area contributed by atoms with Crippen LogP contribution in [0, 0.1) is 68.5 Å². The average Bonchev–Trinajstić information content (AvgIpc) is 3.00. The van der Waals surface area contributed by atoms with Crippen molar-refractivity contribution in [1.82, 2.24) is 5.32 Å². The lowest BCUT2D eigenvalue weighted by atomic mass is 9.34. The molecule has 1 heterocycles. The Morgan fingerprint density at radius 1 is 1.04 bits per heavy atom. The van der Waals surface area contributed by atoms with Crippen molar-refractivity contribution in [3.8, 4) is 0 Å². The van der Waals surface area contributed by atoms with Crippen LogP contribution in [0.4, 0.5) is 0 Å². The van der Waals surface area contributed by atoms with E-state index in [4.69, 9.17) is 14.2 Å². The Balaban J connectivity index is 1.58. The van der Waals surface area contributed by atoms with Gasteiger partial charge in [-0.15, -0.1) is 0 Å². The molecule has 284 valence electrons. The Labute approximate surface area is 302 Å². The molecule has 1 aliphatic heterocycles. The molecule has 0 aromatic heterocycles. The summed E-state index contributed by atoms with van der Waals surface area (Å²) in [5.74, 6) is -0.597. The predicted octanol–water partition coefficient (Wildman–Crippen LogP) is 7.73. The van der Waals surface area contributed by atoms with Gasteiger partial charge in [-0.1, -0.05) is 81.7 Å². The van der Waals surface area contributed by atoms with Gasteiger partial charge in [0.05, 0.1) is 25.7 Å². The normalized spacial score (nSPS) is 43.0. The summed E-state index contributed by atoms with van der Waals surface area (Å²) in [6.07, 6.45) is 4.91. The van der Waals surface area contributed by atoms with Crippen LogP contribution in [0.15, 0.2) is 11.6 Å². The fourth-order valence-electron chi connectivity index (χ4n) is 12.1. The fraction of sp³-hybridized carbons (Fsp3) is 0.881. The van der Waals surface area contributed by atoms with Crippen molar-refractivity contribution in [1.29, 1.82) is 0 Å². The minimum absolute atomic E-state index is 0.0352. The zero-order chi connectivity index (χ0) is 37.4. The maximum absolute atomic E-state index is 14.9. The molecule has 12 atom stereocenters. The van der Waals surface area contributed by atoms with Crippen LogP contribution in [0.1, 0.15) is 122 Å². The second kappa shape index (κ2) is 13.3. The van der Waals surface area contributed by atoms with E-state index in [-0.39, 0.29) is 41.1 Å². The molecule has 4 fully saturated rings. The highest BCUT2D eigenvalue weighted by Gasteiger charge is 2.74. The van der Waals surface area contributed by atoms with Gasteiger partial charge in [-0.2, -0.15) is 0 Å². The van der Waals surface area contributed by atoms with Gasteiger partial charge in [0.15, 0.2) is 5.78 Å². The van der Waals surface area contributed by atoms with Crippen LogP contribution in [0.2, 0.25) is 0 Å². The first kappa shape index (κ1) is 39.4. The maximum atomic E-state index is 14.9. The molecule has 50 heavy (non-hydrogen) atoms. The number of carboxylic acids is 1. The lowest BCUT2D eigenvalue weighted by Gasteiger charge is -2.70. The monoisotopic (exact) mass is 700 g/mol. The van der Waals surface area contributed by atoms with Crippen LogP contribution in [-0.4, -0.2) is 66.9 Å². The molecule has 5 rings (SSSR count). The molecule has 8 heteroatoms. The SMILES string of the molecule is CC(=O)O[C@@H]1C[C@@]23COC[C@](C)([C@@H]2CC[C@H]2C3=CC(=O)[C@@]3(C)[C@H](C(=O)O)[C@@](C)([C@H](C)C(C)C)CC[C@]23C)[C@H]1OC[C@@](C)(NCC(C)C)C(C)C. The maximum Gasteiger partial charge on any atom is 0.308 e. The molecule has 0 radical (unpaired) electrons. The van der Waals surface area contributed by atoms with Crippen molar-refractivity contribution < 1.29 is 33.7 Å². The van der Waals surface area contributed by atoms with Crippen molar-refractivity contribution in [3.63, 3.8) is 0 Å². The second-order valence-corrected chi connectivity index (χ2v) is 19.7. The molecule has 0 spiro atoms. The minimum Gasteiger partial charge on any atom is -0.481 e. The van der Waals surface area contributed by atoms with Crippen molar-refractivity contribution in [2.75, 3.05) is 26.4 Å². The summed E-state index contributed by atoms with van der Waals surface area (Å²) in [6.45, 7) is 29.9. The van der Waals surface area contributed by atoms with Gasteiger partial charge in [0.25, 0.3) is 0 Å². The number of aliphatic carboxylic acids is 1. The topological polar surface area (TPSA) is 111 Å². The number of hydrogen-bond donors (Lipinski definition) is 2. The number of fused-ring (bicyclic) bond motifs is 3. The largest absolute Gasteiger partial charge is 0.481 e. The van der Waals surface area contributed by atoms with Crippen LogP contribution in [0.5, 0.6) is 0 Å². The van der Waals surface area contributed by atoms with Gasteiger partial charge in [0.1, 0.15) is 12.2 Å². The van der Waals surface area contributed by atoms with E-state index in [0.29, 0.717) is 44.0 Å². The second-order valence-electron chi connectivity index (χ2n) is 19.7. The third-order valence-corrected chi connectivity index (χ3v) is 16.0. The first-order chi connectivity index (χ1) is 23.0. The average molecular weight is 700 g/mol. The van der Waals surface area contributed by atoms with E-state index in [0.717, 1.165) is 37.8 Å². The minimum atomic E-state index is -1.05. The number of hydrogen-bond acceptors (Lipinski definition) is 7. The summed E-state index contributed by atoms with van der Waals surface area (Å²) in [7, 11) is 0. The molecule has 0 unspecified atom stereocenters. The summed E-state index contributed by atoms with van der Waals surface area (Å²) >= 11 is 0. The number of rotatable bonds is 11. The summed E-state index contributed by atoms with van der Waals surface area (Å²) in [5.41, 5.74) is -2.22. The van der Waals surface area contributed by atoms with Crippen molar-refractivity contribution in [2.24, 2.45) is 68.5 Å². The number of nitrogens with one attached hydrogen (secondary N) is 1.